The molecular formula is C18H21NO2. The molecule has 0 spiro atoms. The minimum absolute atomic E-state index is 0.600. The Morgan fingerprint density at radius 3 is 2.29 bits per heavy atom. The quantitative estimate of drug-likeness (QED) is 0.862. The van der Waals surface area contributed by atoms with Crippen LogP contribution in [0.2, 0.25) is 0 Å². The topological polar surface area (TPSA) is 30.5 Å². The molecule has 0 fully saturated rings. The van der Waals surface area contributed by atoms with Gasteiger partial charge in [0, 0.05) is 12.7 Å². The lowest BCUT2D eigenvalue weighted by atomic mass is 9.99. The summed E-state index contributed by atoms with van der Waals surface area (Å²) in [5, 5.41) is 3.11. The molecule has 0 atom stereocenters. The van der Waals surface area contributed by atoms with E-state index in [-0.39, 0.29) is 0 Å². The molecule has 21 heavy (non-hydrogen) atoms. The molecule has 0 heterocycles. The maximum Gasteiger partial charge on any atom is 0.161 e. The van der Waals surface area contributed by atoms with Gasteiger partial charge in [0.05, 0.1) is 13.7 Å². The highest BCUT2D eigenvalue weighted by atomic mass is 16.5. The van der Waals surface area contributed by atoms with Crippen molar-refractivity contribution >= 4 is 11.3 Å². The van der Waals surface area contributed by atoms with E-state index in [2.05, 4.69) is 24.0 Å². The Morgan fingerprint density at radius 2 is 1.71 bits per heavy atom. The molecule has 110 valence electrons. The number of rotatable bonds is 6. The number of nitrogens with one attached hydrogen (secondary N) is 1. The first-order valence-corrected chi connectivity index (χ1v) is 6.98. The van der Waals surface area contributed by atoms with E-state index in [0.29, 0.717) is 6.61 Å². The Kier molecular flexibility index (Phi) is 4.88. The average Bonchev–Trinajstić information content (AvgIpc) is 2.54. The summed E-state index contributed by atoms with van der Waals surface area (Å²) in [5.74, 6) is 1.48. The second-order valence-electron chi connectivity index (χ2n) is 4.60. The number of benzene rings is 2. The molecule has 0 aliphatic carbocycles. The van der Waals surface area contributed by atoms with Gasteiger partial charge >= 0.3 is 0 Å². The Hall–Kier alpha value is -2.42. The third-order valence-corrected chi connectivity index (χ3v) is 3.33. The molecule has 1 N–H and O–H groups in total. The van der Waals surface area contributed by atoms with Gasteiger partial charge in [-0.05, 0) is 47.9 Å². The molecule has 2 aromatic carbocycles. The molecule has 2 rings (SSSR count). The van der Waals surface area contributed by atoms with Gasteiger partial charge in [-0.1, -0.05) is 24.8 Å². The van der Waals surface area contributed by atoms with Crippen molar-refractivity contribution in [1.82, 2.24) is 0 Å². The highest BCUT2D eigenvalue weighted by Gasteiger charge is 2.08. The highest BCUT2D eigenvalue weighted by molar-refractivity contribution is 5.79. The van der Waals surface area contributed by atoms with Crippen LogP contribution in [-0.2, 0) is 0 Å². The zero-order valence-corrected chi connectivity index (χ0v) is 12.8. The standard InChI is InChI=1S/C18H21NO2/c1-5-21-18-12-15(8-11-17(18)20-4)13(2)14-6-9-16(19-3)10-7-14/h6-12,19H,2,5H2,1,3-4H3. The molecule has 0 saturated carbocycles. The van der Waals surface area contributed by atoms with Gasteiger partial charge in [-0.25, -0.2) is 0 Å². The second kappa shape index (κ2) is 6.84. The lowest BCUT2D eigenvalue weighted by Gasteiger charge is -2.13. The first-order valence-electron chi connectivity index (χ1n) is 6.98. The third kappa shape index (κ3) is 3.37. The number of ether oxygens (including phenoxy) is 2. The number of hydrogen-bond donors (Lipinski definition) is 1. The summed E-state index contributed by atoms with van der Waals surface area (Å²) in [6.45, 7) is 6.75. The lowest BCUT2D eigenvalue weighted by molar-refractivity contribution is 0.311. The van der Waals surface area contributed by atoms with E-state index in [1.165, 1.54) is 0 Å². The van der Waals surface area contributed by atoms with Crippen LogP contribution in [0.1, 0.15) is 18.1 Å². The number of hydrogen-bond acceptors (Lipinski definition) is 3. The summed E-state index contributed by atoms with van der Waals surface area (Å²) in [5.41, 5.74) is 4.15. The Morgan fingerprint density at radius 1 is 1.05 bits per heavy atom. The van der Waals surface area contributed by atoms with Crippen LogP contribution >= 0.6 is 0 Å². The van der Waals surface area contributed by atoms with Crippen LogP contribution in [-0.4, -0.2) is 20.8 Å². The average molecular weight is 283 g/mol. The lowest BCUT2D eigenvalue weighted by Crippen LogP contribution is -1.97. The molecule has 0 radical (unpaired) electrons. The van der Waals surface area contributed by atoms with Gasteiger partial charge in [-0.15, -0.1) is 0 Å². The normalized spacial score (nSPS) is 10.0. The van der Waals surface area contributed by atoms with Crippen LogP contribution in [0.15, 0.2) is 49.0 Å². The minimum Gasteiger partial charge on any atom is -0.493 e. The predicted octanol–water partition coefficient (Wildman–Crippen LogP) is 4.20. The first kappa shape index (κ1) is 15.0. The summed E-state index contributed by atoms with van der Waals surface area (Å²) >= 11 is 0. The predicted molar refractivity (Wildman–Crippen MR) is 88.3 cm³/mol. The number of anilines is 1. The van der Waals surface area contributed by atoms with Gasteiger partial charge in [-0.3, -0.25) is 0 Å². The molecule has 0 amide bonds. The van der Waals surface area contributed by atoms with E-state index in [1.807, 2.05) is 44.3 Å². The van der Waals surface area contributed by atoms with Crippen molar-refractivity contribution in [1.29, 1.82) is 0 Å². The largest absolute Gasteiger partial charge is 0.493 e. The maximum atomic E-state index is 5.61. The van der Waals surface area contributed by atoms with Gasteiger partial charge in [0.2, 0.25) is 0 Å². The van der Waals surface area contributed by atoms with E-state index in [9.17, 15) is 0 Å². The number of methoxy groups -OCH3 is 1. The summed E-state index contributed by atoms with van der Waals surface area (Å²) in [4.78, 5) is 0. The molecule has 0 unspecified atom stereocenters. The smallest absolute Gasteiger partial charge is 0.161 e. The Labute approximate surface area is 126 Å². The van der Waals surface area contributed by atoms with Gasteiger partial charge in [0.15, 0.2) is 11.5 Å². The minimum atomic E-state index is 0.600. The van der Waals surface area contributed by atoms with Crippen molar-refractivity contribution in [3.8, 4) is 11.5 Å². The fourth-order valence-corrected chi connectivity index (χ4v) is 2.14. The van der Waals surface area contributed by atoms with E-state index >= 15 is 0 Å². The van der Waals surface area contributed by atoms with E-state index in [1.54, 1.807) is 7.11 Å². The second-order valence-corrected chi connectivity index (χ2v) is 4.60. The van der Waals surface area contributed by atoms with Crippen LogP contribution in [0.25, 0.3) is 5.57 Å². The zero-order valence-electron chi connectivity index (χ0n) is 12.8. The molecule has 2 aromatic rings. The highest BCUT2D eigenvalue weighted by Crippen LogP contribution is 2.32. The monoisotopic (exact) mass is 283 g/mol. The van der Waals surface area contributed by atoms with Gasteiger partial charge in [0.1, 0.15) is 0 Å². The molecule has 0 bridgehead atoms. The summed E-state index contributed by atoms with van der Waals surface area (Å²) in [7, 11) is 3.55. The molecule has 0 aromatic heterocycles. The van der Waals surface area contributed by atoms with Crippen molar-refractivity contribution in [3.05, 3.63) is 60.2 Å². The molecular weight excluding hydrogens is 262 g/mol. The van der Waals surface area contributed by atoms with Crippen molar-refractivity contribution < 1.29 is 9.47 Å². The van der Waals surface area contributed by atoms with Crippen LogP contribution in [0, 0.1) is 0 Å². The molecule has 0 aliphatic heterocycles. The van der Waals surface area contributed by atoms with Crippen molar-refractivity contribution in [2.45, 2.75) is 6.92 Å². The zero-order chi connectivity index (χ0) is 15.2. The van der Waals surface area contributed by atoms with E-state index < -0.39 is 0 Å². The maximum absolute atomic E-state index is 5.61. The van der Waals surface area contributed by atoms with Crippen LogP contribution in [0.5, 0.6) is 11.5 Å². The van der Waals surface area contributed by atoms with Gasteiger partial charge < -0.3 is 14.8 Å². The molecule has 0 saturated heterocycles. The van der Waals surface area contributed by atoms with Crippen molar-refractivity contribution in [2.75, 3.05) is 26.1 Å². The van der Waals surface area contributed by atoms with Crippen LogP contribution < -0.4 is 14.8 Å². The van der Waals surface area contributed by atoms with Gasteiger partial charge in [-0.2, -0.15) is 0 Å². The summed E-state index contributed by atoms with van der Waals surface area (Å²) in [6.07, 6.45) is 0. The van der Waals surface area contributed by atoms with E-state index in [0.717, 1.165) is 33.9 Å². The fourth-order valence-electron chi connectivity index (χ4n) is 2.14. The van der Waals surface area contributed by atoms with Crippen molar-refractivity contribution in [3.63, 3.8) is 0 Å². The van der Waals surface area contributed by atoms with Crippen molar-refractivity contribution in [2.24, 2.45) is 0 Å². The molecule has 3 heteroatoms. The molecule has 3 nitrogen and oxygen atoms in total. The Balaban J connectivity index is 2.31. The summed E-state index contributed by atoms with van der Waals surface area (Å²) in [6, 6.07) is 14.1. The van der Waals surface area contributed by atoms with Gasteiger partial charge in [0.25, 0.3) is 0 Å². The summed E-state index contributed by atoms with van der Waals surface area (Å²) < 4.78 is 10.9. The van der Waals surface area contributed by atoms with E-state index in [4.69, 9.17) is 9.47 Å². The van der Waals surface area contributed by atoms with Crippen LogP contribution in [0.4, 0.5) is 5.69 Å². The molecule has 0 aliphatic rings. The fraction of sp³-hybridized carbons (Fsp3) is 0.222. The van der Waals surface area contributed by atoms with Crippen LogP contribution in [0.3, 0.4) is 0 Å². The third-order valence-electron chi connectivity index (χ3n) is 3.33. The first-order chi connectivity index (χ1) is 10.2. The SMILES string of the molecule is C=C(c1ccc(NC)cc1)c1ccc(OC)c(OCC)c1. The Bertz CT molecular complexity index is 618.